The summed E-state index contributed by atoms with van der Waals surface area (Å²) >= 11 is 0. The van der Waals surface area contributed by atoms with E-state index in [1.165, 1.54) is 77.0 Å². The molecule has 0 saturated carbocycles. The molecule has 210 valence electrons. The highest BCUT2D eigenvalue weighted by atomic mass is 16.6. The van der Waals surface area contributed by atoms with Gasteiger partial charge in [0, 0.05) is 25.7 Å². The predicted octanol–water partition coefficient (Wildman–Crippen LogP) is 8.53. The molecule has 0 aliphatic heterocycles. The Kier molecular flexibility index (Phi) is 25.1. The van der Waals surface area contributed by atoms with Crippen LogP contribution in [0.5, 0.6) is 0 Å². The van der Waals surface area contributed by atoms with Crippen molar-refractivity contribution in [1.29, 1.82) is 0 Å². The highest BCUT2D eigenvalue weighted by Gasteiger charge is 2.13. The van der Waals surface area contributed by atoms with E-state index in [-0.39, 0.29) is 25.7 Å². The van der Waals surface area contributed by atoms with Crippen molar-refractivity contribution in [2.45, 2.75) is 168 Å². The molecule has 36 heavy (non-hydrogen) atoms. The van der Waals surface area contributed by atoms with E-state index in [0.717, 1.165) is 38.5 Å². The van der Waals surface area contributed by atoms with Crippen LogP contribution in [0.2, 0.25) is 0 Å². The van der Waals surface area contributed by atoms with Gasteiger partial charge in [-0.2, -0.15) is 0 Å². The summed E-state index contributed by atoms with van der Waals surface area (Å²) in [6, 6.07) is 0. The predicted molar refractivity (Wildman–Crippen MR) is 144 cm³/mol. The van der Waals surface area contributed by atoms with Crippen molar-refractivity contribution < 1.29 is 28.7 Å². The van der Waals surface area contributed by atoms with Gasteiger partial charge in [-0.25, -0.2) is 0 Å². The van der Waals surface area contributed by atoms with Gasteiger partial charge in [-0.05, 0) is 25.7 Å². The van der Waals surface area contributed by atoms with Gasteiger partial charge >= 0.3 is 23.9 Å². The lowest BCUT2D eigenvalue weighted by atomic mass is 10.1. The number of carbonyl (C=O) groups excluding carboxylic acids is 4. The number of carbonyl (C=O) groups is 4. The summed E-state index contributed by atoms with van der Waals surface area (Å²) in [6.07, 6.45) is 22.5. The average molecular weight is 511 g/mol. The largest absolute Gasteiger partial charge is 0.393 e. The summed E-state index contributed by atoms with van der Waals surface area (Å²) in [6.45, 7) is 4.42. The van der Waals surface area contributed by atoms with Gasteiger partial charge in [-0.3, -0.25) is 19.2 Å². The second kappa shape index (κ2) is 26.3. The second-order valence-corrected chi connectivity index (χ2v) is 10.1. The van der Waals surface area contributed by atoms with Crippen LogP contribution in [0, 0.1) is 0 Å². The maximum Gasteiger partial charge on any atom is 0.313 e. The Balaban J connectivity index is 3.56. The van der Waals surface area contributed by atoms with Crippen molar-refractivity contribution in [3.63, 3.8) is 0 Å². The van der Waals surface area contributed by atoms with E-state index in [4.69, 9.17) is 9.47 Å². The Labute approximate surface area is 220 Å². The summed E-state index contributed by atoms with van der Waals surface area (Å²) in [5, 5.41) is 0. The Hall–Kier alpha value is -1.72. The number of hydrogen-bond donors (Lipinski definition) is 0. The Morgan fingerprint density at radius 2 is 0.528 bits per heavy atom. The van der Waals surface area contributed by atoms with Crippen molar-refractivity contribution in [1.82, 2.24) is 0 Å². The minimum Gasteiger partial charge on any atom is -0.393 e. The standard InChI is InChI=1S/C30H54O6/c1-3-5-7-9-11-13-15-17-19-23-27(31)35-29(33)25-21-22-26-30(34)36-28(32)24-20-18-16-14-12-10-8-6-4-2/h3-26H2,1-2H3. The average Bonchev–Trinajstić information content (AvgIpc) is 2.84. The van der Waals surface area contributed by atoms with E-state index >= 15 is 0 Å². The van der Waals surface area contributed by atoms with Crippen LogP contribution in [0.1, 0.15) is 168 Å². The third-order valence-corrected chi connectivity index (χ3v) is 6.44. The zero-order valence-corrected chi connectivity index (χ0v) is 23.4. The molecule has 0 aromatic carbocycles. The summed E-state index contributed by atoms with van der Waals surface area (Å²) in [5.74, 6) is -2.04. The van der Waals surface area contributed by atoms with Crippen LogP contribution in [0.25, 0.3) is 0 Å². The molecule has 6 heteroatoms. The molecule has 0 spiro atoms. The van der Waals surface area contributed by atoms with Crippen molar-refractivity contribution in [3.05, 3.63) is 0 Å². The van der Waals surface area contributed by atoms with Gasteiger partial charge in [0.1, 0.15) is 0 Å². The van der Waals surface area contributed by atoms with Crippen molar-refractivity contribution in [2.24, 2.45) is 0 Å². The number of unbranched alkanes of at least 4 members (excludes halogenated alkanes) is 17. The van der Waals surface area contributed by atoms with Gasteiger partial charge in [-0.15, -0.1) is 0 Å². The van der Waals surface area contributed by atoms with Crippen LogP contribution in [-0.4, -0.2) is 23.9 Å². The molecule has 0 amide bonds. The van der Waals surface area contributed by atoms with Gasteiger partial charge in [0.05, 0.1) is 0 Å². The number of ether oxygens (including phenoxy) is 2. The molecule has 0 bridgehead atoms. The van der Waals surface area contributed by atoms with Gasteiger partial charge < -0.3 is 9.47 Å². The van der Waals surface area contributed by atoms with E-state index < -0.39 is 23.9 Å². The normalized spacial score (nSPS) is 10.8. The SMILES string of the molecule is CCCCCCCCCCCC(=O)OC(=O)CCCCC(=O)OC(=O)CCCCCCCCCCC. The molecule has 6 nitrogen and oxygen atoms in total. The quantitative estimate of drug-likeness (QED) is 0.0695. The summed E-state index contributed by atoms with van der Waals surface area (Å²) in [7, 11) is 0. The smallest absolute Gasteiger partial charge is 0.313 e. The van der Waals surface area contributed by atoms with Crippen LogP contribution in [0.15, 0.2) is 0 Å². The van der Waals surface area contributed by atoms with Crippen LogP contribution >= 0.6 is 0 Å². The topological polar surface area (TPSA) is 86.7 Å². The molecule has 0 aliphatic rings. The minimum atomic E-state index is -0.550. The molecule has 0 saturated heterocycles. The van der Waals surface area contributed by atoms with Crippen molar-refractivity contribution in [3.8, 4) is 0 Å². The number of rotatable bonds is 25. The van der Waals surface area contributed by atoms with Crippen molar-refractivity contribution >= 4 is 23.9 Å². The number of esters is 4. The lowest BCUT2D eigenvalue weighted by Crippen LogP contribution is -2.13. The van der Waals surface area contributed by atoms with Crippen LogP contribution in [0.4, 0.5) is 0 Å². The summed E-state index contributed by atoms with van der Waals surface area (Å²) in [5.41, 5.74) is 0. The molecule has 0 heterocycles. The van der Waals surface area contributed by atoms with E-state index in [0.29, 0.717) is 12.8 Å². The Morgan fingerprint density at radius 1 is 0.333 bits per heavy atom. The molecule has 0 aromatic rings. The molecule has 0 rings (SSSR count). The Morgan fingerprint density at radius 3 is 0.778 bits per heavy atom. The summed E-state index contributed by atoms with van der Waals surface area (Å²) in [4.78, 5) is 47.1. The highest BCUT2D eigenvalue weighted by Crippen LogP contribution is 2.12. The molecule has 0 unspecified atom stereocenters. The summed E-state index contributed by atoms with van der Waals surface area (Å²) < 4.78 is 9.68. The fourth-order valence-electron chi connectivity index (χ4n) is 4.16. The Bertz CT molecular complexity index is 522. The molecular weight excluding hydrogens is 456 g/mol. The third kappa shape index (κ3) is 25.4. The van der Waals surface area contributed by atoms with E-state index in [9.17, 15) is 19.2 Å². The fraction of sp³-hybridized carbons (Fsp3) is 0.867. The molecule has 0 N–H and O–H groups in total. The first-order chi connectivity index (χ1) is 17.5. The van der Waals surface area contributed by atoms with Gasteiger partial charge in [0.2, 0.25) is 0 Å². The van der Waals surface area contributed by atoms with Crippen LogP contribution in [-0.2, 0) is 28.7 Å². The van der Waals surface area contributed by atoms with E-state index in [1.807, 2.05) is 0 Å². The van der Waals surface area contributed by atoms with Gasteiger partial charge in [0.25, 0.3) is 0 Å². The van der Waals surface area contributed by atoms with Crippen molar-refractivity contribution in [2.75, 3.05) is 0 Å². The zero-order chi connectivity index (χ0) is 26.7. The molecule has 0 aliphatic carbocycles. The molecule has 0 aromatic heterocycles. The zero-order valence-electron chi connectivity index (χ0n) is 23.4. The molecular formula is C30H54O6. The van der Waals surface area contributed by atoms with Crippen LogP contribution < -0.4 is 0 Å². The first-order valence-electron chi connectivity index (χ1n) is 15.0. The first-order valence-corrected chi connectivity index (χ1v) is 15.0. The fourth-order valence-corrected chi connectivity index (χ4v) is 4.16. The van der Waals surface area contributed by atoms with E-state index in [2.05, 4.69) is 13.8 Å². The van der Waals surface area contributed by atoms with Gasteiger partial charge in [0.15, 0.2) is 0 Å². The molecule has 0 fully saturated rings. The second-order valence-electron chi connectivity index (χ2n) is 10.1. The molecule has 0 radical (unpaired) electrons. The maximum absolute atomic E-state index is 11.8. The number of hydrogen-bond acceptors (Lipinski definition) is 6. The van der Waals surface area contributed by atoms with Crippen LogP contribution in [0.3, 0.4) is 0 Å². The van der Waals surface area contributed by atoms with Gasteiger partial charge in [-0.1, -0.05) is 117 Å². The highest BCUT2D eigenvalue weighted by molar-refractivity contribution is 5.86. The lowest BCUT2D eigenvalue weighted by molar-refractivity contribution is -0.162. The minimum absolute atomic E-state index is 0.0865. The lowest BCUT2D eigenvalue weighted by Gasteiger charge is -2.05. The monoisotopic (exact) mass is 510 g/mol. The third-order valence-electron chi connectivity index (χ3n) is 6.44. The first kappa shape index (κ1) is 34.3. The van der Waals surface area contributed by atoms with E-state index in [1.54, 1.807) is 0 Å². The maximum atomic E-state index is 11.8. The molecule has 0 atom stereocenters.